The highest BCUT2D eigenvalue weighted by atomic mass is 19.1. The minimum Gasteiger partial charge on any atom is -0.432 e. The Morgan fingerprint density at radius 2 is 2.25 bits per heavy atom. The number of amides is 1. The Balaban J connectivity index is 2.38. The molecule has 0 bridgehead atoms. The maximum Gasteiger partial charge on any atom is 0.301 e. The van der Waals surface area contributed by atoms with E-state index >= 15 is 0 Å². The summed E-state index contributed by atoms with van der Waals surface area (Å²) in [7, 11) is 0. The minimum atomic E-state index is -0.981. The predicted molar refractivity (Wildman–Crippen MR) is 66.7 cm³/mol. The smallest absolute Gasteiger partial charge is 0.301 e. The van der Waals surface area contributed by atoms with Gasteiger partial charge in [0, 0.05) is 6.07 Å². The lowest BCUT2D eigenvalue weighted by Crippen LogP contribution is -2.17. The lowest BCUT2D eigenvalue weighted by molar-refractivity contribution is -0.384. The molecular weight excluding hydrogens is 271 g/mol. The molecule has 1 aromatic heterocycles. The van der Waals surface area contributed by atoms with Gasteiger partial charge in [0.2, 0.25) is 0 Å². The van der Waals surface area contributed by atoms with Gasteiger partial charge in [-0.15, -0.1) is 0 Å². The molecule has 0 aliphatic rings. The number of anilines is 2. The average molecular weight is 280 g/mol. The monoisotopic (exact) mass is 280 g/mol. The van der Waals surface area contributed by atoms with Crippen LogP contribution in [0.15, 0.2) is 22.8 Å². The van der Waals surface area contributed by atoms with Crippen LogP contribution in [0.4, 0.5) is 21.8 Å². The van der Waals surface area contributed by atoms with Crippen LogP contribution in [0.25, 0.3) is 0 Å². The van der Waals surface area contributed by atoms with E-state index < -0.39 is 33.6 Å². The number of benzene rings is 1. The van der Waals surface area contributed by atoms with Gasteiger partial charge in [-0.1, -0.05) is 0 Å². The fourth-order valence-electron chi connectivity index (χ4n) is 1.54. The summed E-state index contributed by atoms with van der Waals surface area (Å²) in [6, 6.07) is 1.53. The number of hydrogen-bond acceptors (Lipinski definition) is 6. The predicted octanol–water partition coefficient (Wildman–Crippen LogP) is 1.86. The van der Waals surface area contributed by atoms with E-state index in [0.29, 0.717) is 5.69 Å². The van der Waals surface area contributed by atoms with E-state index in [0.717, 1.165) is 12.1 Å². The van der Waals surface area contributed by atoms with Crippen LogP contribution in [0.1, 0.15) is 16.1 Å². The molecule has 8 nitrogen and oxygen atoms in total. The number of nitrogen functional groups attached to an aromatic ring is 1. The standard InChI is InChI=1S/C11H9FN4O4/c1-5-4-20-11(14-5)15-10(17)8-6(12)2-3-7(9(8)13)16(18)19/h2-4H,13H2,1H3,(H,14,15,17). The van der Waals surface area contributed by atoms with Crippen molar-refractivity contribution in [3.63, 3.8) is 0 Å². The molecule has 1 heterocycles. The molecule has 0 spiro atoms. The van der Waals surface area contributed by atoms with Gasteiger partial charge < -0.3 is 10.2 Å². The molecule has 0 unspecified atom stereocenters. The second kappa shape index (κ2) is 4.96. The van der Waals surface area contributed by atoms with Crippen LogP contribution in [0.5, 0.6) is 0 Å². The number of rotatable bonds is 3. The number of hydrogen-bond donors (Lipinski definition) is 2. The van der Waals surface area contributed by atoms with E-state index in [1.165, 1.54) is 6.26 Å². The van der Waals surface area contributed by atoms with Crippen molar-refractivity contribution in [3.8, 4) is 0 Å². The molecule has 3 N–H and O–H groups in total. The molecule has 0 aliphatic carbocycles. The fraction of sp³-hybridized carbons (Fsp3) is 0.0909. The van der Waals surface area contributed by atoms with Crippen molar-refractivity contribution < 1.29 is 18.5 Å². The first-order chi connectivity index (χ1) is 9.40. The number of nitrogens with one attached hydrogen (secondary N) is 1. The maximum absolute atomic E-state index is 13.6. The van der Waals surface area contributed by atoms with Crippen molar-refractivity contribution in [1.29, 1.82) is 0 Å². The van der Waals surface area contributed by atoms with Crippen LogP contribution in [0, 0.1) is 22.9 Å². The minimum absolute atomic E-state index is 0.155. The lowest BCUT2D eigenvalue weighted by Gasteiger charge is -2.06. The zero-order valence-corrected chi connectivity index (χ0v) is 10.2. The van der Waals surface area contributed by atoms with Crippen molar-refractivity contribution in [2.75, 3.05) is 11.1 Å². The molecule has 0 aliphatic heterocycles. The molecule has 2 aromatic rings. The molecular formula is C11H9FN4O4. The Hall–Kier alpha value is -2.97. The Bertz CT molecular complexity index is 698. The third-order valence-corrected chi connectivity index (χ3v) is 2.43. The van der Waals surface area contributed by atoms with Crippen LogP contribution in [-0.4, -0.2) is 15.8 Å². The largest absolute Gasteiger partial charge is 0.432 e. The highest BCUT2D eigenvalue weighted by molar-refractivity contribution is 6.08. The summed E-state index contributed by atoms with van der Waals surface area (Å²) in [5, 5.41) is 12.9. The third kappa shape index (κ3) is 2.41. The Kier molecular flexibility index (Phi) is 3.34. The number of nitro benzene ring substituents is 1. The van der Waals surface area contributed by atoms with E-state index in [-0.39, 0.29) is 6.01 Å². The molecule has 1 amide bonds. The normalized spacial score (nSPS) is 10.3. The van der Waals surface area contributed by atoms with Gasteiger partial charge in [0.1, 0.15) is 23.3 Å². The quantitative estimate of drug-likeness (QED) is 0.502. The highest BCUT2D eigenvalue weighted by Gasteiger charge is 2.24. The molecule has 0 saturated carbocycles. The Morgan fingerprint density at radius 1 is 1.55 bits per heavy atom. The molecule has 0 saturated heterocycles. The van der Waals surface area contributed by atoms with E-state index in [2.05, 4.69) is 10.3 Å². The molecule has 0 atom stereocenters. The summed E-state index contributed by atoms with van der Waals surface area (Å²) >= 11 is 0. The number of oxazole rings is 1. The third-order valence-electron chi connectivity index (χ3n) is 2.43. The van der Waals surface area contributed by atoms with Crippen molar-refractivity contribution >= 4 is 23.3 Å². The summed E-state index contributed by atoms with van der Waals surface area (Å²) in [4.78, 5) is 25.6. The number of nitrogens with zero attached hydrogens (tertiary/aromatic N) is 2. The van der Waals surface area contributed by atoms with Gasteiger partial charge in [-0.05, 0) is 13.0 Å². The Morgan fingerprint density at radius 3 is 2.80 bits per heavy atom. The number of aryl methyl sites for hydroxylation is 1. The number of nitrogens with two attached hydrogens (primary N) is 1. The summed E-state index contributed by atoms with van der Waals surface area (Å²) in [6.45, 7) is 1.63. The molecule has 0 radical (unpaired) electrons. The van der Waals surface area contributed by atoms with Gasteiger partial charge >= 0.3 is 6.01 Å². The second-order valence-corrected chi connectivity index (χ2v) is 3.86. The molecule has 1 aromatic carbocycles. The topological polar surface area (TPSA) is 124 Å². The summed E-state index contributed by atoms with van der Waals surface area (Å²) in [6.07, 6.45) is 1.28. The first-order valence-electron chi connectivity index (χ1n) is 5.36. The van der Waals surface area contributed by atoms with Gasteiger partial charge in [0.25, 0.3) is 11.6 Å². The zero-order valence-electron chi connectivity index (χ0n) is 10.2. The lowest BCUT2D eigenvalue weighted by atomic mass is 10.1. The van der Waals surface area contributed by atoms with Gasteiger partial charge in [0.05, 0.1) is 10.6 Å². The maximum atomic E-state index is 13.6. The van der Waals surface area contributed by atoms with Crippen LogP contribution in [-0.2, 0) is 0 Å². The van der Waals surface area contributed by atoms with Crippen LogP contribution < -0.4 is 11.1 Å². The second-order valence-electron chi connectivity index (χ2n) is 3.86. The van der Waals surface area contributed by atoms with Gasteiger partial charge in [-0.25, -0.2) is 4.39 Å². The van der Waals surface area contributed by atoms with Crippen molar-refractivity contribution in [2.24, 2.45) is 0 Å². The first-order valence-corrected chi connectivity index (χ1v) is 5.36. The summed E-state index contributed by atoms with van der Waals surface area (Å²) < 4.78 is 18.5. The molecule has 2 rings (SSSR count). The number of carbonyl (C=O) groups excluding carboxylic acids is 1. The van der Waals surface area contributed by atoms with E-state index in [9.17, 15) is 19.3 Å². The highest BCUT2D eigenvalue weighted by Crippen LogP contribution is 2.28. The molecule has 20 heavy (non-hydrogen) atoms. The zero-order chi connectivity index (χ0) is 14.9. The number of carbonyl (C=O) groups is 1. The fourth-order valence-corrected chi connectivity index (χ4v) is 1.54. The van der Waals surface area contributed by atoms with Crippen LogP contribution in [0.3, 0.4) is 0 Å². The SMILES string of the molecule is Cc1coc(NC(=O)c2c(F)ccc([N+](=O)[O-])c2N)n1. The van der Waals surface area contributed by atoms with Crippen molar-refractivity contribution in [1.82, 2.24) is 4.98 Å². The van der Waals surface area contributed by atoms with Gasteiger partial charge in [-0.2, -0.15) is 4.98 Å². The number of halogens is 1. The van der Waals surface area contributed by atoms with Crippen LogP contribution >= 0.6 is 0 Å². The molecule has 0 fully saturated rings. The van der Waals surface area contributed by atoms with Crippen LogP contribution in [0.2, 0.25) is 0 Å². The first kappa shape index (κ1) is 13.5. The van der Waals surface area contributed by atoms with Crippen molar-refractivity contribution in [2.45, 2.75) is 6.92 Å². The van der Waals surface area contributed by atoms with E-state index in [4.69, 9.17) is 10.2 Å². The Labute approximate surface area is 111 Å². The summed E-state index contributed by atoms with van der Waals surface area (Å²) in [5.41, 5.74) is 4.21. The summed E-state index contributed by atoms with van der Waals surface area (Å²) in [5.74, 6) is -1.96. The van der Waals surface area contributed by atoms with E-state index in [1.807, 2.05) is 0 Å². The number of nitro groups is 1. The van der Waals surface area contributed by atoms with E-state index in [1.54, 1.807) is 6.92 Å². The van der Waals surface area contributed by atoms with Gasteiger partial charge in [-0.3, -0.25) is 20.2 Å². The average Bonchev–Trinajstić information content (AvgIpc) is 2.74. The van der Waals surface area contributed by atoms with Gasteiger partial charge in [0.15, 0.2) is 0 Å². The molecule has 9 heteroatoms. The molecule has 104 valence electrons. The number of aromatic nitrogens is 1. The van der Waals surface area contributed by atoms with Crippen molar-refractivity contribution in [3.05, 3.63) is 45.6 Å².